The average molecular weight is 444 g/mol. The van der Waals surface area contributed by atoms with E-state index in [1.165, 1.54) is 54.9 Å². The molecule has 1 saturated carbocycles. The summed E-state index contributed by atoms with van der Waals surface area (Å²) in [6.07, 6.45) is 10.2. The van der Waals surface area contributed by atoms with Crippen molar-refractivity contribution in [2.75, 3.05) is 18.4 Å². The van der Waals surface area contributed by atoms with Gasteiger partial charge in [-0.3, -0.25) is 0 Å². The lowest BCUT2D eigenvalue weighted by Crippen LogP contribution is -2.46. The van der Waals surface area contributed by atoms with Gasteiger partial charge in [0.1, 0.15) is 0 Å². The first-order chi connectivity index (χ1) is 13.2. The number of aromatic nitrogens is 3. The molecule has 2 aromatic heterocycles. The van der Waals surface area contributed by atoms with Crippen LogP contribution in [-0.4, -0.2) is 39.0 Å². The van der Waals surface area contributed by atoms with E-state index >= 15 is 0 Å². The normalized spacial score (nSPS) is 23.3. The van der Waals surface area contributed by atoms with Crippen molar-refractivity contribution in [3.63, 3.8) is 0 Å². The Labute approximate surface area is 171 Å². The van der Waals surface area contributed by atoms with Gasteiger partial charge in [0.25, 0.3) is 0 Å². The van der Waals surface area contributed by atoms with Gasteiger partial charge < -0.3 is 10.2 Å². The van der Waals surface area contributed by atoms with Crippen LogP contribution in [0.3, 0.4) is 0 Å². The summed E-state index contributed by atoms with van der Waals surface area (Å²) in [4.78, 5) is 16.2. The van der Waals surface area contributed by atoms with E-state index in [9.17, 15) is 0 Å². The van der Waals surface area contributed by atoms with E-state index in [-0.39, 0.29) is 0 Å². The zero-order valence-corrected chi connectivity index (χ0v) is 17.5. The Morgan fingerprint density at radius 3 is 2.63 bits per heavy atom. The third-order valence-corrected chi connectivity index (χ3v) is 7.24. The van der Waals surface area contributed by atoms with Crippen molar-refractivity contribution in [2.45, 2.75) is 44.1 Å². The largest absolute Gasteiger partial charge is 0.324 e. The Kier molecular flexibility index (Phi) is 4.83. The van der Waals surface area contributed by atoms with Gasteiger partial charge in [0.15, 0.2) is 0 Å². The molecule has 27 heavy (non-hydrogen) atoms. The minimum absolute atomic E-state index is 0.602. The van der Waals surface area contributed by atoms with Crippen molar-refractivity contribution in [1.29, 1.82) is 0 Å². The third-order valence-electron chi connectivity index (χ3n) is 5.65. The lowest BCUT2D eigenvalue weighted by molar-refractivity contribution is 0.0888. The summed E-state index contributed by atoms with van der Waals surface area (Å²) in [5.74, 6) is 1.24. The monoisotopic (exact) mass is 443 g/mol. The maximum atomic E-state index is 4.91. The number of thiazole rings is 1. The van der Waals surface area contributed by atoms with Crippen molar-refractivity contribution in [3.05, 3.63) is 40.1 Å². The van der Waals surface area contributed by atoms with Gasteiger partial charge in [0.05, 0.1) is 19.7 Å². The molecule has 1 aliphatic heterocycles. The number of anilines is 2. The standard InChI is InChI=1S/C20H22BrN5S/c21-14-11-22-20(23-12-14)24-15-4-5-17-18(10-15)27-19(25-17)13-8-16(9-13)26-6-2-1-3-7-26/h4-5,10-13,16H,1-3,6-9H2,(H,22,23,24). The molecule has 0 unspecified atom stereocenters. The first-order valence-corrected chi connectivity index (χ1v) is 11.2. The molecule has 7 heteroatoms. The summed E-state index contributed by atoms with van der Waals surface area (Å²) >= 11 is 5.20. The van der Waals surface area contributed by atoms with Crippen molar-refractivity contribution >= 4 is 49.1 Å². The van der Waals surface area contributed by atoms with Crippen LogP contribution in [0, 0.1) is 0 Å². The molecule has 5 nitrogen and oxygen atoms in total. The van der Waals surface area contributed by atoms with Crippen molar-refractivity contribution < 1.29 is 0 Å². The predicted octanol–water partition coefficient (Wildman–Crippen LogP) is 5.32. The second-order valence-electron chi connectivity index (χ2n) is 7.50. The highest BCUT2D eigenvalue weighted by Gasteiger charge is 2.36. The van der Waals surface area contributed by atoms with E-state index in [2.05, 4.69) is 54.3 Å². The van der Waals surface area contributed by atoms with E-state index in [0.717, 1.165) is 21.7 Å². The SMILES string of the molecule is Brc1cnc(Nc2ccc3nc(C4CC(N5CCCCC5)C4)sc3c2)nc1. The number of nitrogens with one attached hydrogen (secondary N) is 1. The number of hydrogen-bond donors (Lipinski definition) is 1. The summed E-state index contributed by atoms with van der Waals surface area (Å²) in [6, 6.07) is 7.09. The fourth-order valence-electron chi connectivity index (χ4n) is 4.07. The summed E-state index contributed by atoms with van der Waals surface area (Å²) in [7, 11) is 0. The molecular formula is C20H22BrN5S. The van der Waals surface area contributed by atoms with E-state index in [4.69, 9.17) is 4.98 Å². The highest BCUT2D eigenvalue weighted by Crippen LogP contribution is 2.43. The maximum Gasteiger partial charge on any atom is 0.227 e. The molecule has 1 aromatic carbocycles. The quantitative estimate of drug-likeness (QED) is 0.590. The molecule has 0 spiro atoms. The van der Waals surface area contributed by atoms with Crippen LogP contribution in [0.5, 0.6) is 0 Å². The first kappa shape index (κ1) is 17.5. The molecule has 0 bridgehead atoms. The minimum atomic E-state index is 0.602. The molecule has 1 saturated heterocycles. The zero-order chi connectivity index (χ0) is 18.2. The van der Waals surface area contributed by atoms with Crippen molar-refractivity contribution in [3.8, 4) is 0 Å². The number of piperidine rings is 1. The molecule has 5 rings (SSSR count). The lowest BCUT2D eigenvalue weighted by Gasteiger charge is -2.43. The van der Waals surface area contributed by atoms with Crippen LogP contribution in [-0.2, 0) is 0 Å². The zero-order valence-electron chi connectivity index (χ0n) is 15.1. The number of likely N-dealkylation sites (tertiary alicyclic amines) is 1. The van der Waals surface area contributed by atoms with E-state index in [0.29, 0.717) is 11.9 Å². The van der Waals surface area contributed by atoms with Crippen LogP contribution >= 0.6 is 27.3 Å². The smallest absolute Gasteiger partial charge is 0.227 e. The van der Waals surface area contributed by atoms with Crippen LogP contribution in [0.15, 0.2) is 35.1 Å². The minimum Gasteiger partial charge on any atom is -0.324 e. The summed E-state index contributed by atoms with van der Waals surface area (Å²) in [5, 5.41) is 4.57. The number of nitrogens with zero attached hydrogens (tertiary/aromatic N) is 4. The highest BCUT2D eigenvalue weighted by molar-refractivity contribution is 9.10. The number of halogens is 1. The van der Waals surface area contributed by atoms with Gasteiger partial charge in [-0.05, 0) is 72.9 Å². The predicted molar refractivity (Wildman–Crippen MR) is 114 cm³/mol. The molecular weight excluding hydrogens is 422 g/mol. The van der Waals surface area contributed by atoms with E-state index in [1.807, 2.05) is 11.3 Å². The number of benzene rings is 1. The Balaban J connectivity index is 1.27. The van der Waals surface area contributed by atoms with Gasteiger partial charge in [0.2, 0.25) is 5.95 Å². The molecule has 1 aliphatic carbocycles. The maximum absolute atomic E-state index is 4.91. The van der Waals surface area contributed by atoms with Crippen LogP contribution in [0.25, 0.3) is 10.2 Å². The fraction of sp³-hybridized carbons (Fsp3) is 0.450. The van der Waals surface area contributed by atoms with Gasteiger partial charge in [0, 0.05) is 30.0 Å². The van der Waals surface area contributed by atoms with Crippen LogP contribution in [0.1, 0.15) is 43.0 Å². The number of fused-ring (bicyclic) bond motifs is 1. The average Bonchev–Trinajstić information content (AvgIpc) is 3.06. The molecule has 1 N–H and O–H groups in total. The van der Waals surface area contributed by atoms with Crippen LogP contribution in [0.4, 0.5) is 11.6 Å². The third kappa shape index (κ3) is 3.73. The Hall–Kier alpha value is -1.57. The van der Waals surface area contributed by atoms with Crippen LogP contribution in [0.2, 0.25) is 0 Å². The topological polar surface area (TPSA) is 53.9 Å². The van der Waals surface area contributed by atoms with Gasteiger partial charge in [-0.25, -0.2) is 15.0 Å². The Bertz CT molecular complexity index is 929. The van der Waals surface area contributed by atoms with Gasteiger partial charge in [-0.15, -0.1) is 11.3 Å². The summed E-state index contributed by atoms with van der Waals surface area (Å²) in [5.41, 5.74) is 2.10. The van der Waals surface area contributed by atoms with E-state index < -0.39 is 0 Å². The fourth-order valence-corrected chi connectivity index (χ4v) is 5.41. The Morgan fingerprint density at radius 1 is 1.07 bits per heavy atom. The molecule has 2 aliphatic rings. The molecule has 0 radical (unpaired) electrons. The summed E-state index contributed by atoms with van der Waals surface area (Å²) < 4.78 is 2.10. The number of hydrogen-bond acceptors (Lipinski definition) is 6. The highest BCUT2D eigenvalue weighted by atomic mass is 79.9. The lowest BCUT2D eigenvalue weighted by atomic mass is 9.79. The molecule has 140 valence electrons. The van der Waals surface area contributed by atoms with Gasteiger partial charge in [-0.1, -0.05) is 6.42 Å². The Morgan fingerprint density at radius 2 is 1.85 bits per heavy atom. The molecule has 3 aromatic rings. The van der Waals surface area contributed by atoms with Gasteiger partial charge >= 0.3 is 0 Å². The molecule has 0 atom stereocenters. The van der Waals surface area contributed by atoms with Crippen molar-refractivity contribution in [1.82, 2.24) is 19.9 Å². The first-order valence-electron chi connectivity index (χ1n) is 9.64. The van der Waals surface area contributed by atoms with Crippen molar-refractivity contribution in [2.24, 2.45) is 0 Å². The van der Waals surface area contributed by atoms with Gasteiger partial charge in [-0.2, -0.15) is 0 Å². The molecule has 2 fully saturated rings. The van der Waals surface area contributed by atoms with E-state index in [1.54, 1.807) is 12.4 Å². The second kappa shape index (κ2) is 7.45. The number of rotatable bonds is 4. The van der Waals surface area contributed by atoms with Crippen LogP contribution < -0.4 is 5.32 Å². The molecule has 0 amide bonds. The molecule has 3 heterocycles. The summed E-state index contributed by atoms with van der Waals surface area (Å²) in [6.45, 7) is 2.59. The second-order valence-corrected chi connectivity index (χ2v) is 9.48.